The van der Waals surface area contributed by atoms with Gasteiger partial charge in [0.05, 0.1) is 0 Å². The monoisotopic (exact) mass is 208 g/mol. The lowest BCUT2D eigenvalue weighted by Gasteiger charge is -2.16. The van der Waals surface area contributed by atoms with Crippen molar-refractivity contribution in [3.8, 4) is 0 Å². The number of aryl methyl sites for hydroxylation is 1. The Balaban J connectivity index is 2.93. The molecule has 0 bridgehead atoms. The zero-order valence-electron chi connectivity index (χ0n) is 10.7. The van der Waals surface area contributed by atoms with Gasteiger partial charge in [0.25, 0.3) is 0 Å². The van der Waals surface area contributed by atoms with Gasteiger partial charge >= 0.3 is 0 Å². The molecule has 1 atom stereocenters. The predicted molar refractivity (Wildman–Crippen MR) is 66.3 cm³/mol. The number of rotatable bonds is 5. The highest BCUT2D eigenvalue weighted by Gasteiger charge is 2.12. The second kappa shape index (κ2) is 5.36. The average molecular weight is 208 g/mol. The Morgan fingerprint density at radius 1 is 1.33 bits per heavy atom. The molecule has 15 heavy (non-hydrogen) atoms. The molecule has 0 aliphatic carbocycles. The van der Waals surface area contributed by atoms with Crippen molar-refractivity contribution >= 4 is 0 Å². The van der Waals surface area contributed by atoms with Gasteiger partial charge < -0.3 is 9.88 Å². The van der Waals surface area contributed by atoms with Gasteiger partial charge in [0, 0.05) is 24.0 Å². The first-order valence-electron chi connectivity index (χ1n) is 5.99. The number of hydrogen-bond donors (Lipinski definition) is 1. The fourth-order valence-electron chi connectivity index (χ4n) is 2.14. The van der Waals surface area contributed by atoms with E-state index in [9.17, 15) is 0 Å². The van der Waals surface area contributed by atoms with Crippen LogP contribution in [-0.2, 0) is 6.54 Å². The summed E-state index contributed by atoms with van der Waals surface area (Å²) in [7, 11) is 0. The standard InChI is InChI=1S/C13H24N2/c1-6-10(3)15-11(4)8-13(12(15)5)9-14-7-2/h8,10,14H,6-7,9H2,1-5H3/t10-/m1/s1. The molecule has 1 aromatic rings. The SMILES string of the molecule is CCNCc1cc(C)n([C@H](C)CC)c1C. The van der Waals surface area contributed by atoms with Crippen LogP contribution in [0.2, 0.25) is 0 Å². The molecule has 0 spiro atoms. The van der Waals surface area contributed by atoms with Crippen LogP contribution in [0.4, 0.5) is 0 Å². The predicted octanol–water partition coefficient (Wildman–Crippen LogP) is 3.19. The first-order chi connectivity index (χ1) is 7.11. The number of nitrogens with one attached hydrogen (secondary N) is 1. The smallest absolute Gasteiger partial charge is 0.0305 e. The van der Waals surface area contributed by atoms with E-state index >= 15 is 0 Å². The van der Waals surface area contributed by atoms with Gasteiger partial charge in [-0.2, -0.15) is 0 Å². The van der Waals surface area contributed by atoms with Crippen molar-refractivity contribution in [2.75, 3.05) is 6.54 Å². The van der Waals surface area contributed by atoms with Crippen molar-refractivity contribution in [1.82, 2.24) is 9.88 Å². The van der Waals surface area contributed by atoms with Crippen molar-refractivity contribution in [2.24, 2.45) is 0 Å². The van der Waals surface area contributed by atoms with E-state index < -0.39 is 0 Å². The molecule has 1 N–H and O–H groups in total. The highest BCUT2D eigenvalue weighted by atomic mass is 15.0. The molecule has 0 amide bonds. The van der Waals surface area contributed by atoms with Gasteiger partial charge in [-0.1, -0.05) is 13.8 Å². The Bertz CT molecular complexity index is 313. The van der Waals surface area contributed by atoms with Crippen LogP contribution in [0.15, 0.2) is 6.07 Å². The van der Waals surface area contributed by atoms with Gasteiger partial charge in [-0.05, 0) is 45.4 Å². The molecule has 0 unspecified atom stereocenters. The van der Waals surface area contributed by atoms with E-state index in [2.05, 4.69) is 50.6 Å². The molecule has 0 radical (unpaired) electrons. The molecule has 1 rings (SSSR count). The van der Waals surface area contributed by atoms with Crippen LogP contribution in [0.5, 0.6) is 0 Å². The Morgan fingerprint density at radius 3 is 2.53 bits per heavy atom. The van der Waals surface area contributed by atoms with Crippen LogP contribution in [-0.4, -0.2) is 11.1 Å². The molecule has 0 aliphatic heterocycles. The molecule has 2 nitrogen and oxygen atoms in total. The van der Waals surface area contributed by atoms with Gasteiger partial charge in [-0.25, -0.2) is 0 Å². The van der Waals surface area contributed by atoms with Crippen molar-refractivity contribution in [3.63, 3.8) is 0 Å². The van der Waals surface area contributed by atoms with Crippen LogP contribution in [0.25, 0.3) is 0 Å². The fourth-order valence-corrected chi connectivity index (χ4v) is 2.14. The Morgan fingerprint density at radius 2 is 2.00 bits per heavy atom. The molecule has 0 saturated carbocycles. The summed E-state index contributed by atoms with van der Waals surface area (Å²) in [6.45, 7) is 13.1. The van der Waals surface area contributed by atoms with Gasteiger partial charge in [0.15, 0.2) is 0 Å². The summed E-state index contributed by atoms with van der Waals surface area (Å²) in [5.74, 6) is 0. The third-order valence-corrected chi connectivity index (χ3v) is 3.19. The highest BCUT2D eigenvalue weighted by Crippen LogP contribution is 2.21. The van der Waals surface area contributed by atoms with Gasteiger partial charge in [-0.15, -0.1) is 0 Å². The Kier molecular flexibility index (Phi) is 4.40. The van der Waals surface area contributed by atoms with E-state index in [0.717, 1.165) is 13.1 Å². The van der Waals surface area contributed by atoms with Crippen LogP contribution in [0, 0.1) is 13.8 Å². The normalized spacial score (nSPS) is 13.1. The molecule has 0 aliphatic rings. The quantitative estimate of drug-likeness (QED) is 0.786. The second-order valence-corrected chi connectivity index (χ2v) is 4.30. The Labute approximate surface area is 93.7 Å². The van der Waals surface area contributed by atoms with Gasteiger partial charge in [0.2, 0.25) is 0 Å². The highest BCUT2D eigenvalue weighted by molar-refractivity contribution is 5.27. The number of aromatic nitrogens is 1. The Hall–Kier alpha value is -0.760. The van der Waals surface area contributed by atoms with E-state index in [0.29, 0.717) is 6.04 Å². The first-order valence-corrected chi connectivity index (χ1v) is 5.99. The summed E-state index contributed by atoms with van der Waals surface area (Å²) in [5.41, 5.74) is 4.24. The summed E-state index contributed by atoms with van der Waals surface area (Å²) in [5, 5.41) is 3.39. The van der Waals surface area contributed by atoms with E-state index in [4.69, 9.17) is 0 Å². The van der Waals surface area contributed by atoms with Crippen molar-refractivity contribution in [3.05, 3.63) is 23.0 Å². The molecule has 1 heterocycles. The molecule has 0 fully saturated rings. The van der Waals surface area contributed by atoms with Crippen molar-refractivity contribution < 1.29 is 0 Å². The lowest BCUT2D eigenvalue weighted by Crippen LogP contribution is -2.13. The average Bonchev–Trinajstić information content (AvgIpc) is 2.50. The summed E-state index contributed by atoms with van der Waals surface area (Å²) in [6.07, 6.45) is 1.19. The van der Waals surface area contributed by atoms with E-state index in [1.807, 2.05) is 0 Å². The lowest BCUT2D eigenvalue weighted by atomic mass is 10.2. The molecule has 86 valence electrons. The minimum absolute atomic E-state index is 0.611. The molecular formula is C13H24N2. The maximum atomic E-state index is 3.39. The van der Waals surface area contributed by atoms with Gasteiger partial charge in [-0.3, -0.25) is 0 Å². The molecule has 0 aromatic carbocycles. The maximum absolute atomic E-state index is 3.39. The summed E-state index contributed by atoms with van der Waals surface area (Å²) >= 11 is 0. The van der Waals surface area contributed by atoms with Crippen LogP contribution >= 0.6 is 0 Å². The van der Waals surface area contributed by atoms with Crippen LogP contribution in [0.3, 0.4) is 0 Å². The summed E-state index contributed by atoms with van der Waals surface area (Å²) in [6, 6.07) is 2.92. The first kappa shape index (κ1) is 12.3. The molecule has 2 heteroatoms. The van der Waals surface area contributed by atoms with Crippen LogP contribution in [0.1, 0.15) is 50.2 Å². The molecular weight excluding hydrogens is 184 g/mol. The van der Waals surface area contributed by atoms with Crippen molar-refractivity contribution in [2.45, 2.75) is 53.6 Å². The lowest BCUT2D eigenvalue weighted by molar-refractivity contribution is 0.510. The third kappa shape index (κ3) is 2.63. The van der Waals surface area contributed by atoms with E-state index in [-0.39, 0.29) is 0 Å². The maximum Gasteiger partial charge on any atom is 0.0305 e. The van der Waals surface area contributed by atoms with Crippen molar-refractivity contribution in [1.29, 1.82) is 0 Å². The molecule has 1 aromatic heterocycles. The third-order valence-electron chi connectivity index (χ3n) is 3.19. The van der Waals surface area contributed by atoms with E-state index in [1.165, 1.54) is 23.4 Å². The molecule has 0 saturated heterocycles. The van der Waals surface area contributed by atoms with E-state index in [1.54, 1.807) is 0 Å². The zero-order valence-corrected chi connectivity index (χ0v) is 10.7. The number of nitrogens with zero attached hydrogens (tertiary/aromatic N) is 1. The largest absolute Gasteiger partial charge is 0.346 e. The minimum atomic E-state index is 0.611. The second-order valence-electron chi connectivity index (χ2n) is 4.30. The minimum Gasteiger partial charge on any atom is -0.346 e. The topological polar surface area (TPSA) is 17.0 Å². The van der Waals surface area contributed by atoms with Gasteiger partial charge in [0.1, 0.15) is 0 Å². The fraction of sp³-hybridized carbons (Fsp3) is 0.692. The van der Waals surface area contributed by atoms with Crippen LogP contribution < -0.4 is 5.32 Å². The summed E-state index contributed by atoms with van der Waals surface area (Å²) in [4.78, 5) is 0. The number of hydrogen-bond acceptors (Lipinski definition) is 1. The zero-order chi connectivity index (χ0) is 11.4. The summed E-state index contributed by atoms with van der Waals surface area (Å²) < 4.78 is 2.45.